The van der Waals surface area contributed by atoms with Crippen LogP contribution in [0, 0.1) is 0 Å². The van der Waals surface area contributed by atoms with E-state index < -0.39 is 75.7 Å². The van der Waals surface area contributed by atoms with Gasteiger partial charge in [-0.05, 0) is 77.0 Å². The van der Waals surface area contributed by atoms with Gasteiger partial charge in [0, 0.05) is 12.8 Å². The summed E-state index contributed by atoms with van der Waals surface area (Å²) in [5.41, 5.74) is 0. The topological polar surface area (TPSA) is 210 Å². The Morgan fingerprint density at radius 3 is 1.46 bits per heavy atom. The van der Waals surface area contributed by atoms with Crippen molar-refractivity contribution >= 4 is 19.8 Å². The summed E-state index contributed by atoms with van der Waals surface area (Å²) in [7, 11) is -5.13. The van der Waals surface area contributed by atoms with Crippen LogP contribution in [0.4, 0.5) is 0 Å². The van der Waals surface area contributed by atoms with E-state index in [1.807, 2.05) is 0 Å². The molecule has 0 aliphatic heterocycles. The van der Waals surface area contributed by atoms with Gasteiger partial charge in [0.15, 0.2) is 6.10 Å². The number of esters is 2. The quantitative estimate of drug-likeness (QED) is 0.0172. The summed E-state index contributed by atoms with van der Waals surface area (Å²) in [5.74, 6) is -1.16. The van der Waals surface area contributed by atoms with Crippen LogP contribution in [0.15, 0.2) is 72.9 Å². The molecule has 1 saturated carbocycles. The van der Waals surface area contributed by atoms with E-state index >= 15 is 0 Å². The molecule has 6 atom stereocenters. The normalized spacial score (nSPS) is 23.4. The van der Waals surface area contributed by atoms with Crippen LogP contribution >= 0.6 is 7.82 Å². The maximum atomic E-state index is 12.8. The third-order valence-electron chi connectivity index (χ3n) is 9.04. The molecule has 0 aromatic carbocycles. The number of phosphoric acid groups is 1. The number of hydrogen-bond donors (Lipinski definition) is 6. The minimum Gasteiger partial charge on any atom is -0.462 e. The fraction of sp³-hybridized carbons (Fsp3) is 0.674. The number of rotatable bonds is 32. The van der Waals surface area contributed by atoms with Crippen LogP contribution in [0.2, 0.25) is 0 Å². The van der Waals surface area contributed by atoms with Crippen molar-refractivity contribution in [3.05, 3.63) is 72.9 Å². The molecule has 1 aliphatic carbocycles. The van der Waals surface area contributed by atoms with E-state index in [9.17, 15) is 44.6 Å². The maximum absolute atomic E-state index is 12.8. The first-order valence-electron chi connectivity index (χ1n) is 20.7. The molecule has 57 heavy (non-hydrogen) atoms. The first-order chi connectivity index (χ1) is 27.4. The summed E-state index contributed by atoms with van der Waals surface area (Å²) in [6, 6.07) is 0. The van der Waals surface area contributed by atoms with Crippen molar-refractivity contribution in [2.45, 2.75) is 172 Å². The largest absolute Gasteiger partial charge is 0.472 e. The number of hydrogen-bond acceptors (Lipinski definition) is 12. The average molecular weight is 827 g/mol. The minimum absolute atomic E-state index is 0.0665. The molecule has 0 heterocycles. The van der Waals surface area contributed by atoms with E-state index in [2.05, 4.69) is 86.8 Å². The molecule has 0 spiro atoms. The van der Waals surface area contributed by atoms with Crippen molar-refractivity contribution in [1.29, 1.82) is 0 Å². The zero-order valence-corrected chi connectivity index (χ0v) is 35.0. The van der Waals surface area contributed by atoms with Gasteiger partial charge in [0.2, 0.25) is 0 Å². The highest BCUT2D eigenvalue weighted by Crippen LogP contribution is 2.47. The third-order valence-corrected chi connectivity index (χ3v) is 10.0. The number of phosphoric ester groups is 1. The van der Waals surface area contributed by atoms with Crippen LogP contribution in [0.1, 0.15) is 129 Å². The second-order valence-corrected chi connectivity index (χ2v) is 15.5. The first-order valence-corrected chi connectivity index (χ1v) is 22.2. The molecule has 6 N–H and O–H groups in total. The van der Waals surface area contributed by atoms with Gasteiger partial charge >= 0.3 is 19.8 Å². The number of allylic oxidation sites excluding steroid dienone is 12. The lowest BCUT2D eigenvalue weighted by molar-refractivity contribution is -0.220. The fourth-order valence-corrected chi connectivity index (χ4v) is 6.70. The Balaban J connectivity index is 2.55. The predicted octanol–water partition coefficient (Wildman–Crippen LogP) is 7.16. The highest BCUT2D eigenvalue weighted by atomic mass is 31.2. The van der Waals surface area contributed by atoms with Gasteiger partial charge < -0.3 is 39.9 Å². The van der Waals surface area contributed by atoms with Gasteiger partial charge in [-0.3, -0.25) is 18.6 Å². The Hall–Kier alpha value is -2.71. The third kappa shape index (κ3) is 26.1. The number of ether oxygens (including phenoxy) is 2. The summed E-state index contributed by atoms with van der Waals surface area (Å²) in [6.07, 6.45) is 26.8. The van der Waals surface area contributed by atoms with Crippen LogP contribution in [-0.2, 0) is 32.7 Å². The van der Waals surface area contributed by atoms with E-state index in [4.69, 9.17) is 18.5 Å². The molecule has 1 aliphatic rings. The summed E-state index contributed by atoms with van der Waals surface area (Å²) in [5, 5.41) is 50.0. The van der Waals surface area contributed by atoms with Gasteiger partial charge in [0.1, 0.15) is 43.2 Å². The molecule has 6 unspecified atom stereocenters. The molecule has 1 rings (SSSR count). The van der Waals surface area contributed by atoms with Crippen molar-refractivity contribution in [2.75, 3.05) is 13.2 Å². The highest BCUT2D eigenvalue weighted by molar-refractivity contribution is 7.47. The van der Waals surface area contributed by atoms with Crippen LogP contribution < -0.4 is 0 Å². The first kappa shape index (κ1) is 52.3. The SMILES string of the molecule is CC/C=C\C/C=C\C/C=C\CCCCCCCC(=O)OC(COC(=O)CCCCC/C=C\C/C=C\C/C=C\CC)COP(=O)(O)OC1C(O)C(O)C(O)C(O)C1O. The Kier molecular flexibility index (Phi) is 30.4. The Bertz CT molecular complexity index is 1280. The zero-order chi connectivity index (χ0) is 42.2. The lowest BCUT2D eigenvalue weighted by Crippen LogP contribution is -2.64. The second-order valence-electron chi connectivity index (χ2n) is 14.1. The lowest BCUT2D eigenvalue weighted by atomic mass is 9.85. The van der Waals surface area contributed by atoms with Crippen molar-refractivity contribution in [1.82, 2.24) is 0 Å². The minimum atomic E-state index is -5.13. The predicted molar refractivity (Wildman–Crippen MR) is 221 cm³/mol. The zero-order valence-electron chi connectivity index (χ0n) is 34.1. The number of carbonyl (C=O) groups is 2. The summed E-state index contributed by atoms with van der Waals surface area (Å²) in [4.78, 5) is 35.5. The molecular formula is C43H71O13P. The van der Waals surface area contributed by atoms with E-state index in [0.717, 1.165) is 89.9 Å². The molecule has 1 fully saturated rings. The van der Waals surface area contributed by atoms with Crippen LogP contribution in [0.3, 0.4) is 0 Å². The summed E-state index contributed by atoms with van der Waals surface area (Å²) in [6.45, 7) is 3.00. The Morgan fingerprint density at radius 1 is 0.544 bits per heavy atom. The molecule has 0 aromatic rings. The van der Waals surface area contributed by atoms with Crippen molar-refractivity contribution in [3.63, 3.8) is 0 Å². The highest BCUT2D eigenvalue weighted by Gasteiger charge is 2.51. The number of unbranched alkanes of at least 4 members (excludes halogenated alkanes) is 8. The Labute approximate surface area is 340 Å². The molecular weight excluding hydrogens is 755 g/mol. The van der Waals surface area contributed by atoms with Gasteiger partial charge in [-0.15, -0.1) is 0 Å². The van der Waals surface area contributed by atoms with Gasteiger partial charge in [0.25, 0.3) is 0 Å². The van der Waals surface area contributed by atoms with E-state index in [-0.39, 0.29) is 12.8 Å². The van der Waals surface area contributed by atoms with Crippen LogP contribution in [0.5, 0.6) is 0 Å². The molecule has 14 heteroatoms. The van der Waals surface area contributed by atoms with Crippen LogP contribution in [0.25, 0.3) is 0 Å². The standard InChI is InChI=1S/C43H71O13P/c1-3-5-7-9-11-13-15-17-18-20-22-24-26-28-30-32-37(45)55-35(34-54-57(51,52)56-43-41(49)39(47)38(46)40(48)42(43)50)33-53-36(44)31-29-27-25-23-21-19-16-14-12-10-8-6-4-2/h5-8,11-14,17-19,21,35,38-43,46-50H,3-4,9-10,15-16,20,22-34H2,1-2H3,(H,51,52)/b7-5-,8-6-,13-11-,14-12-,18-17-,21-19-. The van der Waals surface area contributed by atoms with Gasteiger partial charge in [-0.2, -0.15) is 0 Å². The fourth-order valence-electron chi connectivity index (χ4n) is 5.73. The lowest BCUT2D eigenvalue weighted by Gasteiger charge is -2.41. The van der Waals surface area contributed by atoms with Gasteiger partial charge in [0.05, 0.1) is 6.61 Å². The van der Waals surface area contributed by atoms with E-state index in [1.165, 1.54) is 0 Å². The molecule has 13 nitrogen and oxygen atoms in total. The van der Waals surface area contributed by atoms with Gasteiger partial charge in [-0.25, -0.2) is 4.57 Å². The Morgan fingerprint density at radius 2 is 0.947 bits per heavy atom. The summed E-state index contributed by atoms with van der Waals surface area (Å²) < 4.78 is 33.4. The van der Waals surface area contributed by atoms with Gasteiger partial charge in [-0.1, -0.05) is 112 Å². The number of aliphatic hydroxyl groups excluding tert-OH is 5. The van der Waals surface area contributed by atoms with E-state index in [1.54, 1.807) is 0 Å². The molecule has 326 valence electrons. The number of aliphatic hydroxyl groups is 5. The molecule has 0 aromatic heterocycles. The maximum Gasteiger partial charge on any atom is 0.472 e. The smallest absolute Gasteiger partial charge is 0.462 e. The second kappa shape index (κ2) is 33.2. The van der Waals surface area contributed by atoms with Crippen molar-refractivity contribution in [2.24, 2.45) is 0 Å². The molecule has 0 radical (unpaired) electrons. The summed E-state index contributed by atoms with van der Waals surface area (Å²) >= 11 is 0. The van der Waals surface area contributed by atoms with Crippen LogP contribution in [-0.4, -0.2) is 98.3 Å². The van der Waals surface area contributed by atoms with Crippen molar-refractivity contribution < 1.29 is 63.1 Å². The molecule has 0 saturated heterocycles. The molecule has 0 amide bonds. The monoisotopic (exact) mass is 826 g/mol. The average Bonchev–Trinajstić information content (AvgIpc) is 3.19. The molecule has 0 bridgehead atoms. The van der Waals surface area contributed by atoms with Crippen molar-refractivity contribution in [3.8, 4) is 0 Å². The number of carbonyl (C=O) groups excluding carboxylic acids is 2. The van der Waals surface area contributed by atoms with E-state index in [0.29, 0.717) is 12.8 Å².